The van der Waals surface area contributed by atoms with Crippen molar-refractivity contribution in [1.29, 1.82) is 0 Å². The second-order valence-corrected chi connectivity index (χ2v) is 5.75. The van der Waals surface area contributed by atoms with E-state index >= 15 is 0 Å². The lowest BCUT2D eigenvalue weighted by Crippen LogP contribution is -2.27. The number of benzene rings is 1. The van der Waals surface area contributed by atoms with Crippen LogP contribution in [-0.4, -0.2) is 37.1 Å². The lowest BCUT2D eigenvalue weighted by atomic mass is 10.2. The van der Waals surface area contributed by atoms with Gasteiger partial charge in [0.1, 0.15) is 5.02 Å². The summed E-state index contributed by atoms with van der Waals surface area (Å²) < 4.78 is 44.3. The second-order valence-electron chi connectivity index (χ2n) is 5.38. The molecule has 25 heavy (non-hydrogen) atoms. The summed E-state index contributed by atoms with van der Waals surface area (Å²) in [4.78, 5) is 14.2. The summed E-state index contributed by atoms with van der Waals surface area (Å²) in [6.45, 7) is 1.14. The van der Waals surface area contributed by atoms with E-state index in [4.69, 9.17) is 16.3 Å². The molecule has 1 aromatic heterocycles. The summed E-state index contributed by atoms with van der Waals surface area (Å²) >= 11 is 6.12. The minimum Gasteiger partial charge on any atom is -0.385 e. The van der Waals surface area contributed by atoms with Crippen molar-refractivity contribution in [2.24, 2.45) is 0 Å². The molecule has 2 aromatic rings. The highest BCUT2D eigenvalue weighted by Crippen LogP contribution is 2.30. The van der Waals surface area contributed by atoms with E-state index in [2.05, 4.69) is 5.10 Å². The molecule has 0 amide bonds. The van der Waals surface area contributed by atoms with Gasteiger partial charge in [0, 0.05) is 27.3 Å². The highest BCUT2D eigenvalue weighted by molar-refractivity contribution is 6.33. The van der Waals surface area contributed by atoms with Crippen molar-refractivity contribution in [3.63, 3.8) is 0 Å². The fourth-order valence-corrected chi connectivity index (χ4v) is 2.53. The van der Waals surface area contributed by atoms with Crippen molar-refractivity contribution in [3.8, 4) is 5.69 Å². The maximum Gasteiger partial charge on any atom is 0.416 e. The monoisotopic (exact) mass is 375 g/mol. The zero-order valence-electron chi connectivity index (χ0n) is 13.7. The molecule has 0 unspecified atom stereocenters. The quantitative estimate of drug-likeness (QED) is 0.726. The van der Waals surface area contributed by atoms with Gasteiger partial charge in [-0.3, -0.25) is 4.79 Å². The Morgan fingerprint density at radius 1 is 1.36 bits per heavy atom. The predicted molar refractivity (Wildman–Crippen MR) is 89.6 cm³/mol. The van der Waals surface area contributed by atoms with Crippen LogP contribution in [0.15, 0.2) is 35.3 Å². The van der Waals surface area contributed by atoms with Crippen LogP contribution in [0, 0.1) is 0 Å². The zero-order valence-corrected chi connectivity index (χ0v) is 14.4. The van der Waals surface area contributed by atoms with Crippen molar-refractivity contribution in [1.82, 2.24) is 9.78 Å². The Labute approximate surface area is 147 Å². The topological polar surface area (TPSA) is 47.4 Å². The molecule has 0 N–H and O–H groups in total. The van der Waals surface area contributed by atoms with Gasteiger partial charge in [0.25, 0.3) is 5.56 Å². The first-order valence-corrected chi connectivity index (χ1v) is 7.79. The number of methoxy groups -OCH3 is 1. The molecular weight excluding hydrogens is 359 g/mol. The number of aromatic nitrogens is 2. The van der Waals surface area contributed by atoms with Crippen LogP contribution in [0.5, 0.6) is 0 Å². The minimum absolute atomic E-state index is 0.00434. The molecule has 0 spiro atoms. The van der Waals surface area contributed by atoms with Gasteiger partial charge in [-0.15, -0.1) is 0 Å². The lowest BCUT2D eigenvalue weighted by molar-refractivity contribution is -0.137. The normalized spacial score (nSPS) is 11.6. The summed E-state index contributed by atoms with van der Waals surface area (Å²) in [7, 11) is 3.33. The summed E-state index contributed by atoms with van der Waals surface area (Å²) in [6, 6.07) is 4.35. The van der Waals surface area contributed by atoms with Gasteiger partial charge in [-0.25, -0.2) is 0 Å². The van der Waals surface area contributed by atoms with Crippen LogP contribution in [0.2, 0.25) is 5.02 Å². The molecule has 1 heterocycles. The van der Waals surface area contributed by atoms with Gasteiger partial charge in [0.05, 0.1) is 23.1 Å². The Morgan fingerprint density at radius 3 is 2.72 bits per heavy atom. The summed E-state index contributed by atoms with van der Waals surface area (Å²) in [5.41, 5.74) is -1.14. The largest absolute Gasteiger partial charge is 0.416 e. The van der Waals surface area contributed by atoms with Crippen LogP contribution in [0.3, 0.4) is 0 Å². The summed E-state index contributed by atoms with van der Waals surface area (Å²) in [5, 5.41) is 3.86. The van der Waals surface area contributed by atoms with Gasteiger partial charge < -0.3 is 9.64 Å². The average Bonchev–Trinajstić information content (AvgIpc) is 2.56. The molecule has 5 nitrogen and oxygen atoms in total. The molecule has 0 saturated carbocycles. The molecule has 1 aromatic carbocycles. The van der Waals surface area contributed by atoms with Gasteiger partial charge in [-0.05, 0) is 24.6 Å². The number of halogens is 4. The van der Waals surface area contributed by atoms with E-state index in [1.165, 1.54) is 18.3 Å². The van der Waals surface area contributed by atoms with E-state index in [0.717, 1.165) is 23.2 Å². The number of hydrogen-bond donors (Lipinski definition) is 0. The Balaban J connectivity index is 2.36. The molecule has 0 bridgehead atoms. The molecule has 9 heteroatoms. The number of ether oxygens (including phenoxy) is 1. The fourth-order valence-electron chi connectivity index (χ4n) is 2.25. The second kappa shape index (κ2) is 7.88. The number of hydrogen-bond acceptors (Lipinski definition) is 4. The lowest BCUT2D eigenvalue weighted by Gasteiger charge is -2.20. The van der Waals surface area contributed by atoms with Crippen molar-refractivity contribution in [2.75, 3.05) is 32.2 Å². The molecule has 0 aliphatic rings. The van der Waals surface area contributed by atoms with Crippen LogP contribution in [0.4, 0.5) is 18.9 Å². The molecular formula is C16H17ClF3N3O2. The molecule has 0 atom stereocenters. The Hall–Kier alpha value is -2.06. The van der Waals surface area contributed by atoms with Crippen LogP contribution in [0.25, 0.3) is 5.69 Å². The van der Waals surface area contributed by atoms with E-state index in [9.17, 15) is 18.0 Å². The van der Waals surface area contributed by atoms with Crippen molar-refractivity contribution in [2.45, 2.75) is 12.6 Å². The van der Waals surface area contributed by atoms with E-state index in [-0.39, 0.29) is 10.7 Å². The number of alkyl halides is 3. The van der Waals surface area contributed by atoms with E-state index < -0.39 is 17.3 Å². The smallest absolute Gasteiger partial charge is 0.385 e. The predicted octanol–water partition coefficient (Wildman–Crippen LogP) is 3.38. The number of rotatable bonds is 6. The Kier molecular flexibility index (Phi) is 6.07. The van der Waals surface area contributed by atoms with Crippen LogP contribution in [-0.2, 0) is 10.9 Å². The molecule has 0 fully saturated rings. The van der Waals surface area contributed by atoms with Gasteiger partial charge >= 0.3 is 6.18 Å². The minimum atomic E-state index is -4.51. The van der Waals surface area contributed by atoms with Crippen LogP contribution in [0.1, 0.15) is 12.0 Å². The highest BCUT2D eigenvalue weighted by Gasteiger charge is 2.30. The number of nitrogens with zero attached hydrogens (tertiary/aromatic N) is 3. The maximum atomic E-state index is 12.8. The molecule has 0 aliphatic heterocycles. The Bertz CT molecular complexity index is 793. The molecule has 136 valence electrons. The Morgan fingerprint density at radius 2 is 2.08 bits per heavy atom. The van der Waals surface area contributed by atoms with Crippen molar-refractivity contribution >= 4 is 17.3 Å². The molecule has 2 rings (SSSR count). The maximum absolute atomic E-state index is 12.8. The first-order valence-electron chi connectivity index (χ1n) is 7.41. The molecule has 0 aliphatic carbocycles. The summed E-state index contributed by atoms with van der Waals surface area (Å²) in [6.07, 6.45) is -2.43. The van der Waals surface area contributed by atoms with E-state index in [1.807, 2.05) is 0 Å². The average molecular weight is 376 g/mol. The highest BCUT2D eigenvalue weighted by atomic mass is 35.5. The van der Waals surface area contributed by atoms with Gasteiger partial charge in [-0.2, -0.15) is 23.0 Å². The van der Waals surface area contributed by atoms with Crippen LogP contribution >= 0.6 is 11.6 Å². The summed E-state index contributed by atoms with van der Waals surface area (Å²) in [5.74, 6) is 0. The molecule has 0 saturated heterocycles. The number of anilines is 1. The van der Waals surface area contributed by atoms with Gasteiger partial charge in [0.15, 0.2) is 0 Å². The fraction of sp³-hybridized carbons (Fsp3) is 0.375. The third-order valence-corrected chi connectivity index (χ3v) is 3.93. The van der Waals surface area contributed by atoms with Gasteiger partial charge in [-0.1, -0.05) is 17.7 Å². The van der Waals surface area contributed by atoms with Crippen molar-refractivity contribution < 1.29 is 17.9 Å². The first-order chi connectivity index (χ1) is 11.8. The van der Waals surface area contributed by atoms with Gasteiger partial charge in [0.2, 0.25) is 0 Å². The third kappa shape index (κ3) is 4.52. The standard InChI is InChI=1S/C16H17ClF3N3O2/c1-22(7-4-8-25-2)13-10-21-23(15(24)14(13)17)12-6-3-5-11(9-12)16(18,19)20/h3,5-6,9-10H,4,7-8H2,1-2H3. The molecule has 0 radical (unpaired) electrons. The van der Waals surface area contributed by atoms with E-state index in [0.29, 0.717) is 18.8 Å². The third-order valence-electron chi connectivity index (χ3n) is 3.57. The SMILES string of the molecule is COCCCN(C)c1cnn(-c2cccc(C(F)(F)F)c2)c(=O)c1Cl. The van der Waals surface area contributed by atoms with E-state index in [1.54, 1.807) is 19.1 Å². The zero-order chi connectivity index (χ0) is 18.6. The first kappa shape index (κ1) is 19.3. The van der Waals surface area contributed by atoms with Crippen LogP contribution < -0.4 is 10.5 Å². The van der Waals surface area contributed by atoms with Crippen molar-refractivity contribution in [3.05, 3.63) is 51.4 Å².